The molecule has 2 rings (SSSR count). The second-order valence-electron chi connectivity index (χ2n) is 6.55. The molecule has 2 nitrogen and oxygen atoms in total. The Morgan fingerprint density at radius 3 is 2.16 bits per heavy atom. The lowest BCUT2D eigenvalue weighted by Crippen LogP contribution is -2.34. The van der Waals surface area contributed by atoms with Gasteiger partial charge in [0.15, 0.2) is 0 Å². The molecule has 1 saturated carbocycles. The monoisotopic (exact) mass is 265 g/mol. The Morgan fingerprint density at radius 1 is 0.789 bits per heavy atom. The van der Waals surface area contributed by atoms with Crippen LogP contribution in [0.2, 0.25) is 0 Å². The van der Waals surface area contributed by atoms with Crippen LogP contribution in [0.4, 0.5) is 0 Å². The van der Waals surface area contributed by atoms with Gasteiger partial charge in [-0.2, -0.15) is 0 Å². The van der Waals surface area contributed by atoms with E-state index in [-0.39, 0.29) is 0 Å². The summed E-state index contributed by atoms with van der Waals surface area (Å²) in [5, 5.41) is 3.54. The van der Waals surface area contributed by atoms with Gasteiger partial charge in [0.1, 0.15) is 5.78 Å². The molecular formula is C17H31NO. The predicted octanol–water partition coefficient (Wildman–Crippen LogP) is 4.09. The van der Waals surface area contributed by atoms with Crippen molar-refractivity contribution in [2.75, 3.05) is 13.1 Å². The predicted molar refractivity (Wildman–Crippen MR) is 80.3 cm³/mol. The minimum absolute atomic E-state index is 0.316. The van der Waals surface area contributed by atoms with Crippen LogP contribution in [0, 0.1) is 11.8 Å². The Hall–Kier alpha value is -0.370. The van der Waals surface area contributed by atoms with Crippen LogP contribution in [0.15, 0.2) is 0 Å². The summed E-state index contributed by atoms with van der Waals surface area (Å²) in [5.41, 5.74) is 0. The number of Topliss-reactive ketones (excluding diaryl/α,β-unsaturated/α-hetero) is 1. The summed E-state index contributed by atoms with van der Waals surface area (Å²) in [6, 6.07) is 0. The number of carbonyl (C=O) groups excluding carboxylic acids is 1. The minimum atomic E-state index is 0.316. The minimum Gasteiger partial charge on any atom is -0.316 e. The molecule has 1 aliphatic carbocycles. The highest BCUT2D eigenvalue weighted by atomic mass is 16.1. The van der Waals surface area contributed by atoms with E-state index >= 15 is 0 Å². The SMILES string of the molecule is O=C1CCCCCNCC1C1CCCCCCCC1. The fraction of sp³-hybridized carbons (Fsp3) is 0.941. The van der Waals surface area contributed by atoms with Crippen molar-refractivity contribution in [3.05, 3.63) is 0 Å². The fourth-order valence-electron chi connectivity index (χ4n) is 3.78. The van der Waals surface area contributed by atoms with Gasteiger partial charge >= 0.3 is 0 Å². The van der Waals surface area contributed by atoms with Crippen LogP contribution in [0.5, 0.6) is 0 Å². The summed E-state index contributed by atoms with van der Waals surface area (Å²) in [4.78, 5) is 12.5. The van der Waals surface area contributed by atoms with Crippen LogP contribution in [-0.4, -0.2) is 18.9 Å². The first-order valence-corrected chi connectivity index (χ1v) is 8.61. The molecule has 0 aromatic heterocycles. The third-order valence-electron chi connectivity index (χ3n) is 5.02. The number of nitrogens with one attached hydrogen (secondary N) is 1. The van der Waals surface area contributed by atoms with E-state index in [9.17, 15) is 4.79 Å². The number of hydrogen-bond donors (Lipinski definition) is 1. The molecule has 19 heavy (non-hydrogen) atoms. The van der Waals surface area contributed by atoms with Crippen molar-refractivity contribution in [1.82, 2.24) is 5.32 Å². The topological polar surface area (TPSA) is 29.1 Å². The molecule has 0 aromatic rings. The maximum Gasteiger partial charge on any atom is 0.137 e. The summed E-state index contributed by atoms with van der Waals surface area (Å²) in [5.74, 6) is 1.53. The summed E-state index contributed by atoms with van der Waals surface area (Å²) < 4.78 is 0. The summed E-state index contributed by atoms with van der Waals surface area (Å²) in [7, 11) is 0. The molecule has 1 saturated heterocycles. The van der Waals surface area contributed by atoms with Crippen LogP contribution >= 0.6 is 0 Å². The van der Waals surface area contributed by atoms with E-state index in [0.29, 0.717) is 17.6 Å². The van der Waals surface area contributed by atoms with E-state index < -0.39 is 0 Å². The first-order valence-electron chi connectivity index (χ1n) is 8.61. The number of ketones is 1. The number of hydrogen-bond acceptors (Lipinski definition) is 2. The van der Waals surface area contributed by atoms with Gasteiger partial charge in [-0.25, -0.2) is 0 Å². The number of carbonyl (C=O) groups is 1. The van der Waals surface area contributed by atoms with Crippen molar-refractivity contribution in [1.29, 1.82) is 0 Å². The Kier molecular flexibility index (Phi) is 6.91. The third kappa shape index (κ3) is 5.25. The van der Waals surface area contributed by atoms with Gasteiger partial charge in [-0.1, -0.05) is 44.9 Å². The van der Waals surface area contributed by atoms with Gasteiger partial charge in [-0.3, -0.25) is 4.79 Å². The zero-order valence-electron chi connectivity index (χ0n) is 12.5. The van der Waals surface area contributed by atoms with Crippen molar-refractivity contribution < 1.29 is 4.79 Å². The first-order chi connectivity index (χ1) is 9.38. The molecule has 1 heterocycles. The van der Waals surface area contributed by atoms with E-state index in [4.69, 9.17) is 0 Å². The molecule has 0 radical (unpaired) electrons. The van der Waals surface area contributed by atoms with Crippen LogP contribution in [0.25, 0.3) is 0 Å². The first kappa shape index (κ1) is 15.0. The molecule has 1 atom stereocenters. The summed E-state index contributed by atoms with van der Waals surface area (Å²) in [6.45, 7) is 2.06. The van der Waals surface area contributed by atoms with E-state index in [0.717, 1.165) is 25.9 Å². The molecule has 0 amide bonds. The molecule has 1 unspecified atom stereocenters. The van der Waals surface area contributed by atoms with E-state index in [1.54, 1.807) is 0 Å². The van der Waals surface area contributed by atoms with Crippen molar-refractivity contribution in [3.8, 4) is 0 Å². The van der Waals surface area contributed by atoms with Crippen molar-refractivity contribution in [2.45, 2.75) is 77.0 Å². The highest BCUT2D eigenvalue weighted by molar-refractivity contribution is 5.81. The smallest absolute Gasteiger partial charge is 0.137 e. The van der Waals surface area contributed by atoms with Gasteiger partial charge in [-0.05, 0) is 38.1 Å². The molecule has 2 aliphatic rings. The van der Waals surface area contributed by atoms with Crippen molar-refractivity contribution in [3.63, 3.8) is 0 Å². The highest BCUT2D eigenvalue weighted by Crippen LogP contribution is 2.29. The maximum atomic E-state index is 12.5. The van der Waals surface area contributed by atoms with Crippen LogP contribution in [0.1, 0.15) is 77.0 Å². The zero-order valence-corrected chi connectivity index (χ0v) is 12.5. The largest absolute Gasteiger partial charge is 0.316 e. The van der Waals surface area contributed by atoms with E-state index in [2.05, 4.69) is 5.32 Å². The second kappa shape index (κ2) is 8.73. The summed E-state index contributed by atoms with van der Waals surface area (Å²) in [6.07, 6.45) is 15.2. The quantitative estimate of drug-likeness (QED) is 0.774. The fourth-order valence-corrected chi connectivity index (χ4v) is 3.78. The lowest BCUT2D eigenvalue weighted by molar-refractivity contribution is -0.124. The molecule has 1 aliphatic heterocycles. The van der Waals surface area contributed by atoms with Crippen LogP contribution in [-0.2, 0) is 4.79 Å². The molecule has 2 fully saturated rings. The summed E-state index contributed by atoms with van der Waals surface area (Å²) >= 11 is 0. The molecule has 0 aromatic carbocycles. The standard InChI is InChI=1S/C17H31NO/c19-17-12-8-5-9-13-18-14-16(17)15-10-6-3-1-2-4-7-11-15/h15-16,18H,1-14H2. The maximum absolute atomic E-state index is 12.5. The van der Waals surface area contributed by atoms with E-state index in [1.165, 1.54) is 64.2 Å². The third-order valence-corrected chi connectivity index (χ3v) is 5.02. The normalized spacial score (nSPS) is 29.5. The molecule has 1 N–H and O–H groups in total. The Balaban J connectivity index is 1.94. The lowest BCUT2D eigenvalue weighted by atomic mass is 9.80. The lowest BCUT2D eigenvalue weighted by Gasteiger charge is -2.26. The zero-order chi connectivity index (χ0) is 13.3. The molecule has 2 heteroatoms. The van der Waals surface area contributed by atoms with E-state index in [1.807, 2.05) is 0 Å². The Labute approximate surface area is 118 Å². The Morgan fingerprint density at radius 2 is 1.42 bits per heavy atom. The van der Waals surface area contributed by atoms with Crippen molar-refractivity contribution in [2.24, 2.45) is 11.8 Å². The van der Waals surface area contributed by atoms with Gasteiger partial charge in [0.2, 0.25) is 0 Å². The molecule has 110 valence electrons. The average Bonchev–Trinajstić information content (AvgIpc) is 2.60. The van der Waals surface area contributed by atoms with Gasteiger partial charge < -0.3 is 5.32 Å². The average molecular weight is 265 g/mol. The highest BCUT2D eigenvalue weighted by Gasteiger charge is 2.27. The van der Waals surface area contributed by atoms with Crippen LogP contribution < -0.4 is 5.32 Å². The molecule has 0 spiro atoms. The molecular weight excluding hydrogens is 234 g/mol. The second-order valence-corrected chi connectivity index (χ2v) is 6.55. The van der Waals surface area contributed by atoms with Crippen LogP contribution in [0.3, 0.4) is 0 Å². The van der Waals surface area contributed by atoms with Gasteiger partial charge in [0, 0.05) is 18.9 Å². The van der Waals surface area contributed by atoms with Gasteiger partial charge in [-0.15, -0.1) is 0 Å². The van der Waals surface area contributed by atoms with Gasteiger partial charge in [0.05, 0.1) is 0 Å². The van der Waals surface area contributed by atoms with Crippen molar-refractivity contribution >= 4 is 5.78 Å². The molecule has 0 bridgehead atoms. The number of rotatable bonds is 1. The Bertz CT molecular complexity index is 254. The van der Waals surface area contributed by atoms with Gasteiger partial charge in [0.25, 0.3) is 0 Å².